The maximum Gasteiger partial charge on any atom is 0.0662 e. The predicted molar refractivity (Wildman–Crippen MR) is 73.9 cm³/mol. The Morgan fingerprint density at radius 3 is 1.85 bits per heavy atom. The van der Waals surface area contributed by atoms with Gasteiger partial charge >= 0.3 is 0 Å². The van der Waals surface area contributed by atoms with Gasteiger partial charge in [-0.25, -0.2) is 0 Å². The van der Waals surface area contributed by atoms with Crippen LogP contribution < -0.4 is 0 Å². The molecule has 1 unspecified atom stereocenters. The van der Waals surface area contributed by atoms with Crippen molar-refractivity contribution < 1.29 is 0 Å². The lowest BCUT2D eigenvalue weighted by Crippen LogP contribution is -1.88. The molecule has 0 spiro atoms. The highest BCUT2D eigenvalue weighted by atomic mass is 127. The van der Waals surface area contributed by atoms with E-state index in [1.165, 1.54) is 44.9 Å². The minimum atomic E-state index is 0.681. The molecule has 0 nitrogen and oxygen atoms in total. The van der Waals surface area contributed by atoms with Crippen LogP contribution in [-0.4, -0.2) is 2.83 Å². The van der Waals surface area contributed by atoms with Crippen LogP contribution in [0.5, 0.6) is 0 Å². The zero-order chi connectivity index (χ0) is 10.1. The molecule has 0 fully saturated rings. The second-order valence-electron chi connectivity index (χ2n) is 4.13. The number of hydrogen-bond donors (Lipinski definition) is 0. The topological polar surface area (TPSA) is 0 Å². The van der Waals surface area contributed by atoms with Gasteiger partial charge < -0.3 is 0 Å². The average molecular weight is 361 g/mol. The average Bonchev–Trinajstić information content (AvgIpc) is 2.01. The molecule has 0 radical (unpaired) electrons. The maximum absolute atomic E-state index is 3.56. The Morgan fingerprint density at radius 1 is 0.923 bits per heavy atom. The van der Waals surface area contributed by atoms with Crippen LogP contribution in [0.4, 0.5) is 0 Å². The molecular formula is C11H22BrI. The fourth-order valence-corrected chi connectivity index (χ4v) is 2.15. The van der Waals surface area contributed by atoms with Gasteiger partial charge in [-0.3, -0.25) is 0 Å². The summed E-state index contributed by atoms with van der Waals surface area (Å²) in [5.41, 5.74) is 0. The van der Waals surface area contributed by atoms with Crippen molar-refractivity contribution in [3.05, 3.63) is 0 Å². The van der Waals surface area contributed by atoms with Crippen LogP contribution in [-0.2, 0) is 0 Å². The number of rotatable bonds is 8. The van der Waals surface area contributed by atoms with E-state index in [4.69, 9.17) is 0 Å². The summed E-state index contributed by atoms with van der Waals surface area (Å²) in [5, 5.41) is 0. The van der Waals surface area contributed by atoms with Crippen molar-refractivity contribution in [2.75, 3.05) is 0 Å². The van der Waals surface area contributed by atoms with Crippen molar-refractivity contribution in [2.24, 2.45) is 5.92 Å². The van der Waals surface area contributed by atoms with Gasteiger partial charge in [0.05, 0.1) is 2.83 Å². The van der Waals surface area contributed by atoms with Crippen LogP contribution in [0.1, 0.15) is 58.8 Å². The Kier molecular flexibility index (Phi) is 10.7. The van der Waals surface area contributed by atoms with Gasteiger partial charge in [-0.05, 0) is 12.3 Å². The molecule has 0 heterocycles. The largest absolute Gasteiger partial charge is 0.0775 e. The van der Waals surface area contributed by atoms with Crippen LogP contribution in [0.25, 0.3) is 0 Å². The van der Waals surface area contributed by atoms with Gasteiger partial charge in [-0.1, -0.05) is 90.9 Å². The van der Waals surface area contributed by atoms with Gasteiger partial charge in [-0.15, -0.1) is 0 Å². The zero-order valence-electron chi connectivity index (χ0n) is 8.86. The first-order valence-corrected chi connectivity index (χ1v) is 7.57. The normalized spacial score (nSPS) is 13.6. The Balaban J connectivity index is 2.92. The van der Waals surface area contributed by atoms with Crippen LogP contribution in [0.15, 0.2) is 0 Å². The van der Waals surface area contributed by atoms with Crippen molar-refractivity contribution in [2.45, 2.75) is 61.6 Å². The number of alkyl halides is 2. The smallest absolute Gasteiger partial charge is 0.0662 e. The van der Waals surface area contributed by atoms with E-state index in [9.17, 15) is 0 Å². The highest BCUT2D eigenvalue weighted by Gasteiger charge is 1.97. The van der Waals surface area contributed by atoms with Gasteiger partial charge in [0.2, 0.25) is 0 Å². The van der Waals surface area contributed by atoms with Crippen molar-refractivity contribution in [3.63, 3.8) is 0 Å². The Labute approximate surface area is 106 Å². The Morgan fingerprint density at radius 2 is 1.38 bits per heavy atom. The zero-order valence-corrected chi connectivity index (χ0v) is 12.6. The van der Waals surface area contributed by atoms with Crippen molar-refractivity contribution in [1.82, 2.24) is 0 Å². The van der Waals surface area contributed by atoms with E-state index in [2.05, 4.69) is 52.4 Å². The summed E-state index contributed by atoms with van der Waals surface area (Å²) in [4.78, 5) is 0. The highest BCUT2D eigenvalue weighted by molar-refractivity contribution is 14.1. The number of unbranched alkanes of at least 4 members (excludes halogenated alkanes) is 4. The highest BCUT2D eigenvalue weighted by Crippen LogP contribution is 2.18. The quantitative estimate of drug-likeness (QED) is 0.303. The molecule has 0 aromatic carbocycles. The third-order valence-electron chi connectivity index (χ3n) is 2.20. The predicted octanol–water partition coefficient (Wildman–Crippen LogP) is 5.53. The molecule has 2 heteroatoms. The summed E-state index contributed by atoms with van der Waals surface area (Å²) in [6.45, 7) is 4.62. The van der Waals surface area contributed by atoms with Gasteiger partial charge in [0.1, 0.15) is 0 Å². The molecule has 0 saturated carbocycles. The fourth-order valence-electron chi connectivity index (χ4n) is 1.38. The third-order valence-corrected chi connectivity index (χ3v) is 3.28. The second kappa shape index (κ2) is 9.75. The van der Waals surface area contributed by atoms with Crippen LogP contribution in [0, 0.1) is 5.92 Å². The van der Waals surface area contributed by atoms with Crippen LogP contribution in [0.3, 0.4) is 0 Å². The summed E-state index contributed by atoms with van der Waals surface area (Å²) >= 11 is 6.00. The van der Waals surface area contributed by atoms with E-state index < -0.39 is 0 Å². The lowest BCUT2D eigenvalue weighted by Gasteiger charge is -2.04. The van der Waals surface area contributed by atoms with Crippen LogP contribution >= 0.6 is 38.5 Å². The van der Waals surface area contributed by atoms with E-state index in [0.717, 1.165) is 5.92 Å². The molecule has 1 atom stereocenters. The molecule has 0 aliphatic rings. The molecular weight excluding hydrogens is 339 g/mol. The summed E-state index contributed by atoms with van der Waals surface area (Å²) < 4.78 is 0.681. The van der Waals surface area contributed by atoms with Gasteiger partial charge in [0.25, 0.3) is 0 Å². The summed E-state index contributed by atoms with van der Waals surface area (Å²) in [6.07, 6.45) is 9.84. The summed E-state index contributed by atoms with van der Waals surface area (Å²) in [5.74, 6) is 0.890. The molecule has 13 heavy (non-hydrogen) atoms. The van der Waals surface area contributed by atoms with Crippen molar-refractivity contribution in [3.8, 4) is 0 Å². The molecule has 0 aliphatic heterocycles. The standard InChI is InChI=1S/C11H22BrI/c1-10(2)8-6-4-3-5-7-9-11(12)13/h10-11H,3-9H2,1-2H3. The van der Waals surface area contributed by atoms with E-state index >= 15 is 0 Å². The van der Waals surface area contributed by atoms with E-state index in [-0.39, 0.29) is 0 Å². The number of hydrogen-bond acceptors (Lipinski definition) is 0. The first-order chi connectivity index (χ1) is 6.13. The fraction of sp³-hybridized carbons (Fsp3) is 1.00. The Hall–Kier alpha value is 1.21. The molecule has 0 aromatic rings. The van der Waals surface area contributed by atoms with E-state index in [1.54, 1.807) is 0 Å². The molecule has 0 amide bonds. The summed E-state index contributed by atoms with van der Waals surface area (Å²) in [6, 6.07) is 0. The third kappa shape index (κ3) is 13.2. The molecule has 0 aromatic heterocycles. The molecule has 0 bridgehead atoms. The van der Waals surface area contributed by atoms with Crippen molar-refractivity contribution in [1.29, 1.82) is 0 Å². The second-order valence-corrected chi connectivity index (χ2v) is 8.45. The van der Waals surface area contributed by atoms with Crippen LogP contribution in [0.2, 0.25) is 0 Å². The molecule has 0 aliphatic carbocycles. The molecule has 80 valence electrons. The van der Waals surface area contributed by atoms with Crippen molar-refractivity contribution >= 4 is 38.5 Å². The SMILES string of the molecule is CC(C)CCCCCCCC(Br)I. The van der Waals surface area contributed by atoms with E-state index in [0.29, 0.717) is 2.83 Å². The molecule has 0 N–H and O–H groups in total. The summed E-state index contributed by atoms with van der Waals surface area (Å²) in [7, 11) is 0. The Bertz CT molecular complexity index is 90.3. The van der Waals surface area contributed by atoms with Gasteiger partial charge in [0.15, 0.2) is 0 Å². The maximum atomic E-state index is 3.56. The van der Waals surface area contributed by atoms with Gasteiger partial charge in [-0.2, -0.15) is 0 Å². The van der Waals surface area contributed by atoms with Gasteiger partial charge in [0, 0.05) is 0 Å². The first kappa shape index (κ1) is 14.2. The number of halogens is 2. The van der Waals surface area contributed by atoms with E-state index in [1.807, 2.05) is 0 Å². The monoisotopic (exact) mass is 360 g/mol. The molecule has 0 saturated heterocycles. The lowest BCUT2D eigenvalue weighted by atomic mass is 10.0. The minimum Gasteiger partial charge on any atom is -0.0775 e. The first-order valence-electron chi connectivity index (χ1n) is 5.41. The minimum absolute atomic E-state index is 0.681. The molecule has 0 rings (SSSR count). The lowest BCUT2D eigenvalue weighted by molar-refractivity contribution is 0.514.